The van der Waals surface area contributed by atoms with E-state index >= 15 is 0 Å². The average molecular weight is 981 g/mol. The van der Waals surface area contributed by atoms with Crippen LogP contribution < -0.4 is 33.8 Å². The zero-order valence-electron chi connectivity index (χ0n) is 38.2. The lowest BCUT2D eigenvalue weighted by Crippen LogP contribution is -3.00. The highest BCUT2D eigenvalue weighted by Gasteiger charge is 2.35. The van der Waals surface area contributed by atoms with Crippen molar-refractivity contribution in [2.24, 2.45) is 0 Å². The highest BCUT2D eigenvalue weighted by atomic mass is 127. The molecule has 0 aliphatic carbocycles. The van der Waals surface area contributed by atoms with Crippen LogP contribution in [0.25, 0.3) is 11.3 Å². The monoisotopic (exact) mass is 980 g/mol. The Balaban J connectivity index is 0.000000173. The molecule has 0 bridgehead atoms. The Kier molecular flexibility index (Phi) is 14.2. The third-order valence-corrected chi connectivity index (χ3v) is 14.2. The third kappa shape index (κ3) is 9.21. The van der Waals surface area contributed by atoms with Crippen molar-refractivity contribution < 1.29 is 28.9 Å². The van der Waals surface area contributed by atoms with Gasteiger partial charge in [-0.3, -0.25) is 38.7 Å². The predicted octanol–water partition coefficient (Wildman–Crippen LogP) is 4.29. The summed E-state index contributed by atoms with van der Waals surface area (Å²) >= 11 is 0. The second-order valence-electron chi connectivity index (χ2n) is 18.2. The predicted molar refractivity (Wildman–Crippen MR) is 249 cm³/mol. The van der Waals surface area contributed by atoms with Gasteiger partial charge in [0.05, 0.1) is 51.9 Å². The van der Waals surface area contributed by atoms with Crippen LogP contribution in [0.3, 0.4) is 0 Å². The summed E-state index contributed by atoms with van der Waals surface area (Å²) < 4.78 is 4.23. The number of imidazole rings is 2. The molecule has 0 amide bonds. The molecule has 4 fully saturated rings. The topological polar surface area (TPSA) is 123 Å². The minimum Gasteiger partial charge on any atom is -1.00 e. The molecule has 15 nitrogen and oxygen atoms in total. The van der Waals surface area contributed by atoms with Gasteiger partial charge in [-0.25, -0.2) is 9.97 Å². The van der Waals surface area contributed by atoms with Gasteiger partial charge in [-0.1, -0.05) is 18.2 Å². The molecule has 0 spiro atoms. The van der Waals surface area contributed by atoms with Gasteiger partial charge in [0.25, 0.3) is 0 Å². The second-order valence-corrected chi connectivity index (χ2v) is 18.2. The molecule has 16 heteroatoms. The first-order chi connectivity index (χ1) is 30.5. The number of piperazine rings is 2. The molecule has 340 valence electrons. The summed E-state index contributed by atoms with van der Waals surface area (Å²) in [5.41, 5.74) is 8.39. The minimum atomic E-state index is -0.329. The minimum absolute atomic E-state index is 0. The lowest BCUT2D eigenvalue weighted by molar-refractivity contribution is -0.383. The van der Waals surface area contributed by atoms with Crippen molar-refractivity contribution in [3.8, 4) is 0 Å². The Morgan fingerprint density at radius 3 is 1.58 bits per heavy atom. The van der Waals surface area contributed by atoms with Crippen LogP contribution in [-0.2, 0) is 0 Å². The van der Waals surface area contributed by atoms with Gasteiger partial charge in [0.15, 0.2) is 0 Å². The molecule has 4 aliphatic heterocycles. The molecule has 64 heavy (non-hydrogen) atoms. The fourth-order valence-corrected chi connectivity index (χ4v) is 10.5. The summed E-state index contributed by atoms with van der Waals surface area (Å²) in [6.07, 6.45) is 14.7. The largest absolute Gasteiger partial charge is 1.00 e. The highest BCUT2D eigenvalue weighted by molar-refractivity contribution is 5.66. The second kappa shape index (κ2) is 19.8. The van der Waals surface area contributed by atoms with Crippen molar-refractivity contribution in [3.63, 3.8) is 0 Å². The van der Waals surface area contributed by atoms with E-state index in [1.807, 2.05) is 41.2 Å². The molecule has 6 aromatic heterocycles. The molecule has 0 saturated carbocycles. The lowest BCUT2D eigenvalue weighted by Gasteiger charge is -2.39. The molecule has 0 radical (unpaired) electrons. The Bertz CT molecular complexity index is 2550. The molecule has 10 rings (SSSR count). The Hall–Kier alpha value is -4.75. The van der Waals surface area contributed by atoms with E-state index in [1.165, 1.54) is 34.8 Å². The normalized spacial score (nSPS) is 22.9. The number of nitro groups is 1. The van der Waals surface area contributed by atoms with Crippen LogP contribution >= 0.6 is 0 Å². The number of halogens is 1. The molecular weight excluding hydrogens is 918 g/mol. The number of aryl methyl sites for hydroxylation is 2. The number of pyridine rings is 4. The van der Waals surface area contributed by atoms with Gasteiger partial charge >= 0.3 is 5.69 Å². The van der Waals surface area contributed by atoms with Gasteiger partial charge in [0, 0.05) is 83.2 Å². The zero-order chi connectivity index (χ0) is 43.8. The quantitative estimate of drug-likeness (QED) is 0.129. The van der Waals surface area contributed by atoms with E-state index in [2.05, 4.69) is 117 Å². The third-order valence-electron chi connectivity index (χ3n) is 14.2. The number of anilines is 2. The Morgan fingerprint density at radius 2 is 1.06 bits per heavy atom. The fraction of sp³-hybridized carbons (Fsp3) is 0.500. The fourth-order valence-electron chi connectivity index (χ4n) is 10.5. The molecule has 0 unspecified atom stereocenters. The van der Waals surface area contributed by atoms with E-state index in [1.54, 1.807) is 6.07 Å². The van der Waals surface area contributed by atoms with Crippen molar-refractivity contribution in [2.75, 3.05) is 90.3 Å². The zero-order valence-corrected chi connectivity index (χ0v) is 40.4. The summed E-state index contributed by atoms with van der Waals surface area (Å²) in [5.74, 6) is 2.23. The molecule has 10 heterocycles. The first-order valence-corrected chi connectivity index (χ1v) is 22.8. The van der Waals surface area contributed by atoms with Crippen molar-refractivity contribution in [1.29, 1.82) is 0 Å². The number of nitrogens with zero attached hydrogens (tertiary/aromatic N) is 13. The van der Waals surface area contributed by atoms with Crippen LogP contribution in [0.5, 0.6) is 0 Å². The van der Waals surface area contributed by atoms with Crippen LogP contribution in [-0.4, -0.2) is 134 Å². The van der Waals surface area contributed by atoms with Gasteiger partial charge in [-0.2, -0.15) is 0 Å². The van der Waals surface area contributed by atoms with Crippen LogP contribution in [0.4, 0.5) is 17.3 Å². The smallest absolute Gasteiger partial charge is 0.312 e. The molecule has 0 N–H and O–H groups in total. The van der Waals surface area contributed by atoms with Crippen molar-refractivity contribution in [3.05, 3.63) is 123 Å². The van der Waals surface area contributed by atoms with Gasteiger partial charge in [-0.05, 0) is 122 Å². The van der Waals surface area contributed by atoms with Crippen molar-refractivity contribution in [1.82, 2.24) is 48.3 Å². The molecule has 4 saturated heterocycles. The molecule has 4 atom stereocenters. The van der Waals surface area contributed by atoms with Gasteiger partial charge in [0.2, 0.25) is 5.65 Å². The SMILES string of the molecule is Cc1cccnc1[C@H]1CCC[C@@H](c2cn3c(N4CCN(C)CC4)ccc([N+](=O)[O-])c3n2)N1C.Cc1cccnc1[C@H]1CCC[C@@H](c2cn3c(N4CCN(C)CC4)cccc3n2)N1C.[I-]. The van der Waals surface area contributed by atoms with E-state index in [-0.39, 0.29) is 46.7 Å². The first-order valence-electron chi connectivity index (χ1n) is 22.8. The highest BCUT2D eigenvalue weighted by Crippen LogP contribution is 2.42. The van der Waals surface area contributed by atoms with Gasteiger partial charge < -0.3 is 43.6 Å². The number of piperidine rings is 2. The Labute approximate surface area is 394 Å². The van der Waals surface area contributed by atoms with Gasteiger partial charge in [-0.15, -0.1) is 0 Å². The maximum atomic E-state index is 11.8. The maximum Gasteiger partial charge on any atom is 0.312 e. The van der Waals surface area contributed by atoms with E-state index < -0.39 is 0 Å². The number of hydrogen-bond donors (Lipinski definition) is 0. The molecule has 0 aromatic carbocycles. The van der Waals surface area contributed by atoms with Crippen molar-refractivity contribution in [2.45, 2.75) is 76.5 Å². The lowest BCUT2D eigenvalue weighted by atomic mass is 9.91. The number of fused-ring (bicyclic) bond motifs is 2. The van der Waals surface area contributed by atoms with Crippen LogP contribution in [0.2, 0.25) is 0 Å². The molecule has 4 aliphatic rings. The summed E-state index contributed by atoms with van der Waals surface area (Å²) in [6.45, 7) is 12.3. The number of likely N-dealkylation sites (N-methyl/N-ethyl adjacent to an activating group) is 2. The van der Waals surface area contributed by atoms with E-state index in [4.69, 9.17) is 15.0 Å². The van der Waals surface area contributed by atoms with Crippen molar-refractivity contribution >= 4 is 28.6 Å². The van der Waals surface area contributed by atoms with Gasteiger partial charge in [0.1, 0.15) is 17.3 Å². The van der Waals surface area contributed by atoms with E-state index in [0.29, 0.717) is 17.7 Å². The maximum absolute atomic E-state index is 11.8. The summed E-state index contributed by atoms with van der Waals surface area (Å²) in [6, 6.07) is 19.2. The first kappa shape index (κ1) is 45.8. The molecule has 6 aromatic rings. The summed E-state index contributed by atoms with van der Waals surface area (Å²) in [4.78, 5) is 45.1. The summed E-state index contributed by atoms with van der Waals surface area (Å²) in [5, 5.41) is 11.8. The summed E-state index contributed by atoms with van der Waals surface area (Å²) in [7, 11) is 8.69. The standard InChI is InChI=1S/C24H31N7O2.C24H32N6.HI/c1-17-6-5-11-25-23(17)20-8-4-7-19(28(20)3)18-16-30-22(29-14-12-27(2)13-15-29)10-9-21(31(32)33)24(30)26-18;1-18-7-6-12-25-24(18)21-9-4-8-20(28(21)3)19-17-30-22(26-19)10-5-11-23(30)29-15-13-27(2)14-16-29;/h5-6,9-11,16,19-20H,4,7-8,12-15H2,1-3H3;5-7,10-12,17,20-21H,4,8-9,13-16H2,1-3H3;1H/p-1/t19-,20+;20-,21+;/m00./s1. The van der Waals surface area contributed by atoms with E-state index in [9.17, 15) is 10.1 Å². The van der Waals surface area contributed by atoms with E-state index in [0.717, 1.165) is 107 Å². The molecular formula is C48H63IN13O2-. The number of rotatable bonds is 7. The van der Waals surface area contributed by atoms with Crippen LogP contribution in [0, 0.1) is 24.0 Å². The number of likely N-dealkylation sites (tertiary alicyclic amines) is 2. The number of hydrogen-bond acceptors (Lipinski definition) is 12. The number of aromatic nitrogens is 6. The average Bonchev–Trinajstić information content (AvgIpc) is 3.93. The van der Waals surface area contributed by atoms with Crippen LogP contribution in [0.15, 0.2) is 79.4 Å². The van der Waals surface area contributed by atoms with Crippen LogP contribution in [0.1, 0.15) is 96.6 Å². The Morgan fingerprint density at radius 1 is 0.578 bits per heavy atom.